The van der Waals surface area contributed by atoms with Gasteiger partial charge in [0.15, 0.2) is 11.3 Å². The number of halogens is 4. The molecule has 2 N–H and O–H groups in total. The van der Waals surface area contributed by atoms with Crippen molar-refractivity contribution in [2.75, 3.05) is 12.4 Å². The minimum atomic E-state index is -1.76. The van der Waals surface area contributed by atoms with E-state index < -0.39 is 9.96 Å². The van der Waals surface area contributed by atoms with E-state index in [2.05, 4.69) is 15.6 Å². The fourth-order valence-corrected chi connectivity index (χ4v) is 2.74. The molecule has 144 valence electrons. The van der Waals surface area contributed by atoms with Gasteiger partial charge in [-0.3, -0.25) is 0 Å². The minimum absolute atomic E-state index is 0.233. The van der Waals surface area contributed by atoms with Gasteiger partial charge in [0.1, 0.15) is 0 Å². The summed E-state index contributed by atoms with van der Waals surface area (Å²) < 4.78 is 3.61. The van der Waals surface area contributed by atoms with Crippen molar-refractivity contribution in [2.24, 2.45) is 4.99 Å². The number of thiocarbonyl (C=S) groups is 1. The molecule has 27 heavy (non-hydrogen) atoms. The number of methoxy groups -OCH3 is 1. The maximum Gasteiger partial charge on any atom is 0.230 e. The molecule has 1 atom stereocenters. The molecule has 0 saturated heterocycles. The Hall–Kier alpha value is -1.24. The molecule has 0 bridgehead atoms. The van der Waals surface area contributed by atoms with Gasteiger partial charge in [-0.15, -0.1) is 0 Å². The van der Waals surface area contributed by atoms with E-state index in [1.54, 1.807) is 24.3 Å². The van der Waals surface area contributed by atoms with Crippen molar-refractivity contribution in [3.8, 4) is 0 Å². The topological polar surface area (TPSA) is 45.6 Å². The molecule has 0 unspecified atom stereocenters. The van der Waals surface area contributed by atoms with Crippen molar-refractivity contribution in [3.63, 3.8) is 0 Å². The third-order valence-corrected chi connectivity index (χ3v) is 4.51. The van der Waals surface area contributed by atoms with Gasteiger partial charge >= 0.3 is 0 Å². The predicted octanol–water partition coefficient (Wildman–Crippen LogP) is 5.72. The van der Waals surface area contributed by atoms with Crippen molar-refractivity contribution in [1.29, 1.82) is 0 Å². The van der Waals surface area contributed by atoms with Crippen LogP contribution in [0.5, 0.6) is 0 Å². The molecule has 4 nitrogen and oxygen atoms in total. The Kier molecular flexibility index (Phi) is 8.01. The van der Waals surface area contributed by atoms with Gasteiger partial charge in [-0.05, 0) is 55.5 Å². The molecule has 9 heteroatoms. The summed E-state index contributed by atoms with van der Waals surface area (Å²) in [6.45, 7) is 1.99. The molecule has 0 aromatic heterocycles. The number of rotatable bonds is 4. The van der Waals surface area contributed by atoms with Gasteiger partial charge < -0.3 is 15.4 Å². The lowest BCUT2D eigenvalue weighted by atomic mass is 10.1. The van der Waals surface area contributed by atoms with Crippen LogP contribution in [0.2, 0.25) is 5.02 Å². The molecule has 0 fully saturated rings. The maximum absolute atomic E-state index is 6.08. The summed E-state index contributed by atoms with van der Waals surface area (Å²) in [5.74, 6) is 0.313. The number of nitrogens with one attached hydrogen (secondary N) is 2. The van der Waals surface area contributed by atoms with Crippen molar-refractivity contribution >= 4 is 75.3 Å². The SMILES string of the molecule is COC(=N[C@H](NC(=S)Nc1ccc(Cl)cc1)C(Cl)(Cl)Cl)c1ccc(C)cc1. The molecule has 0 radical (unpaired) electrons. The monoisotopic (exact) mass is 463 g/mol. The van der Waals surface area contributed by atoms with Crippen LogP contribution in [0, 0.1) is 6.92 Å². The largest absolute Gasteiger partial charge is 0.481 e. The Morgan fingerprint density at radius 2 is 1.67 bits per heavy atom. The van der Waals surface area contributed by atoms with Crippen LogP contribution < -0.4 is 10.6 Å². The van der Waals surface area contributed by atoms with E-state index in [0.29, 0.717) is 10.9 Å². The van der Waals surface area contributed by atoms with Crippen LogP contribution in [0.15, 0.2) is 53.5 Å². The summed E-state index contributed by atoms with van der Waals surface area (Å²) in [4.78, 5) is 4.40. The fraction of sp³-hybridized carbons (Fsp3) is 0.222. The number of aryl methyl sites for hydroxylation is 1. The van der Waals surface area contributed by atoms with E-state index in [0.717, 1.165) is 16.8 Å². The summed E-state index contributed by atoms with van der Waals surface area (Å²) >= 11 is 29.4. The van der Waals surface area contributed by atoms with E-state index in [4.69, 9.17) is 63.4 Å². The smallest absolute Gasteiger partial charge is 0.230 e. The van der Waals surface area contributed by atoms with E-state index in [9.17, 15) is 0 Å². The van der Waals surface area contributed by atoms with Gasteiger partial charge in [-0.2, -0.15) is 0 Å². The lowest BCUT2D eigenvalue weighted by molar-refractivity contribution is 0.397. The normalized spacial score (nSPS) is 13.0. The van der Waals surface area contributed by atoms with Gasteiger partial charge in [-0.1, -0.05) is 64.1 Å². The lowest BCUT2D eigenvalue weighted by Crippen LogP contribution is -2.45. The summed E-state index contributed by atoms with van der Waals surface area (Å²) in [5, 5.41) is 6.73. The van der Waals surface area contributed by atoms with Gasteiger partial charge in [-0.25, -0.2) is 4.99 Å². The van der Waals surface area contributed by atoms with Gasteiger partial charge in [0.2, 0.25) is 9.69 Å². The number of benzene rings is 2. The second-order valence-electron chi connectivity index (χ2n) is 5.55. The fourth-order valence-electron chi connectivity index (χ4n) is 2.07. The number of aliphatic imine (C=N–C) groups is 1. The Bertz CT molecular complexity index is 805. The summed E-state index contributed by atoms with van der Waals surface area (Å²) in [7, 11) is 1.50. The first kappa shape index (κ1) is 22.1. The van der Waals surface area contributed by atoms with Gasteiger partial charge in [0, 0.05) is 16.3 Å². The van der Waals surface area contributed by atoms with Crippen molar-refractivity contribution in [3.05, 3.63) is 64.7 Å². The Morgan fingerprint density at radius 1 is 1.07 bits per heavy atom. The van der Waals surface area contributed by atoms with Gasteiger partial charge in [0.25, 0.3) is 0 Å². The van der Waals surface area contributed by atoms with Crippen molar-refractivity contribution in [1.82, 2.24) is 5.32 Å². The first-order valence-corrected chi connectivity index (χ1v) is 9.69. The molecule has 0 aliphatic heterocycles. The number of alkyl halides is 3. The molecule has 0 heterocycles. The molecule has 0 aliphatic rings. The Labute approximate surface area is 183 Å². The molecule has 2 rings (SSSR count). The quantitative estimate of drug-likeness (QED) is 0.262. The van der Waals surface area contributed by atoms with Crippen LogP contribution in [0.25, 0.3) is 0 Å². The number of nitrogens with zero attached hydrogens (tertiary/aromatic N) is 1. The zero-order chi connectivity index (χ0) is 20.0. The highest BCUT2D eigenvalue weighted by Crippen LogP contribution is 2.31. The molecule has 0 saturated carbocycles. The lowest BCUT2D eigenvalue weighted by Gasteiger charge is -2.24. The Balaban J connectivity index is 2.19. The highest BCUT2D eigenvalue weighted by atomic mass is 35.6. The first-order chi connectivity index (χ1) is 12.7. The standard InChI is InChI=1S/C18H17Cl4N3OS/c1-11-3-5-12(6-4-11)15(26-2)24-16(18(20,21)22)25-17(27)23-14-9-7-13(19)8-10-14/h3-10,16H,1-2H3,(H2,23,25,27)/t16-/m1/s1. The summed E-state index contributed by atoms with van der Waals surface area (Å²) in [6, 6.07) is 14.6. The second kappa shape index (κ2) is 9.80. The number of hydrogen-bond acceptors (Lipinski definition) is 3. The minimum Gasteiger partial charge on any atom is -0.481 e. The Morgan fingerprint density at radius 3 is 2.19 bits per heavy atom. The van der Waals surface area contributed by atoms with Crippen LogP contribution in [-0.4, -0.2) is 28.1 Å². The van der Waals surface area contributed by atoms with Crippen LogP contribution in [0.1, 0.15) is 11.1 Å². The summed E-state index contributed by atoms with van der Waals surface area (Å²) in [6.07, 6.45) is -0.981. The molecular weight excluding hydrogens is 448 g/mol. The van der Waals surface area contributed by atoms with Crippen LogP contribution >= 0.6 is 58.6 Å². The first-order valence-electron chi connectivity index (χ1n) is 7.77. The van der Waals surface area contributed by atoms with E-state index >= 15 is 0 Å². The molecule has 0 spiro atoms. The second-order valence-corrected chi connectivity index (χ2v) is 8.77. The van der Waals surface area contributed by atoms with Gasteiger partial charge in [0.05, 0.1) is 7.11 Å². The maximum atomic E-state index is 6.08. The average molecular weight is 465 g/mol. The van der Waals surface area contributed by atoms with Crippen LogP contribution in [-0.2, 0) is 4.74 Å². The third kappa shape index (κ3) is 7.01. The molecular formula is C18H17Cl4N3OS. The van der Waals surface area contributed by atoms with E-state index in [1.807, 2.05) is 31.2 Å². The summed E-state index contributed by atoms with van der Waals surface area (Å²) in [5.41, 5.74) is 2.59. The number of anilines is 1. The van der Waals surface area contributed by atoms with Crippen LogP contribution in [0.4, 0.5) is 5.69 Å². The van der Waals surface area contributed by atoms with Crippen molar-refractivity contribution in [2.45, 2.75) is 16.9 Å². The highest BCUT2D eigenvalue weighted by Gasteiger charge is 2.34. The van der Waals surface area contributed by atoms with Crippen molar-refractivity contribution < 1.29 is 4.74 Å². The third-order valence-electron chi connectivity index (χ3n) is 3.42. The van der Waals surface area contributed by atoms with Crippen LogP contribution in [0.3, 0.4) is 0 Å². The zero-order valence-corrected chi connectivity index (χ0v) is 18.3. The predicted molar refractivity (Wildman–Crippen MR) is 120 cm³/mol. The molecule has 0 aliphatic carbocycles. The average Bonchev–Trinajstić information content (AvgIpc) is 2.60. The number of ether oxygens (including phenoxy) is 1. The van der Waals surface area contributed by atoms with E-state index in [-0.39, 0.29) is 5.11 Å². The highest BCUT2D eigenvalue weighted by molar-refractivity contribution is 7.80. The number of hydrogen-bond donors (Lipinski definition) is 2. The molecule has 2 aromatic rings. The van der Waals surface area contributed by atoms with E-state index in [1.165, 1.54) is 7.11 Å². The zero-order valence-electron chi connectivity index (χ0n) is 14.5. The molecule has 2 aromatic carbocycles. The molecule has 0 amide bonds.